The Morgan fingerprint density at radius 3 is 2.89 bits per heavy atom. The molecule has 0 amide bonds. The van der Waals surface area contributed by atoms with E-state index in [-0.39, 0.29) is 0 Å². The van der Waals surface area contributed by atoms with Crippen LogP contribution in [0.1, 0.15) is 5.69 Å². The molecule has 0 fully saturated rings. The maximum absolute atomic E-state index is 4.42. The standard InChI is InChI=1S/C20H19N7/c1-14-18(15-6-7-19-16(11-15)5-4-9-22-19)8-10-27(14)25-20(21-2)24-17-12-23-26(3)13-17/h4-13H,2H2,1,3H3,(H,24,25). The van der Waals surface area contributed by atoms with Crippen molar-refractivity contribution in [2.75, 3.05) is 5.43 Å². The van der Waals surface area contributed by atoms with E-state index in [2.05, 4.69) is 56.5 Å². The third-order valence-corrected chi connectivity index (χ3v) is 4.35. The van der Waals surface area contributed by atoms with E-state index < -0.39 is 0 Å². The van der Waals surface area contributed by atoms with E-state index in [0.717, 1.165) is 27.7 Å². The summed E-state index contributed by atoms with van der Waals surface area (Å²) in [7, 11) is 1.84. The molecule has 4 aromatic rings. The van der Waals surface area contributed by atoms with Crippen LogP contribution < -0.4 is 5.43 Å². The zero-order chi connectivity index (χ0) is 18.8. The summed E-state index contributed by atoms with van der Waals surface area (Å²) in [4.78, 5) is 12.8. The second-order valence-corrected chi connectivity index (χ2v) is 6.17. The molecule has 0 aliphatic carbocycles. The second kappa shape index (κ2) is 6.87. The highest BCUT2D eigenvalue weighted by molar-refractivity contribution is 5.93. The first kappa shape index (κ1) is 16.7. The van der Waals surface area contributed by atoms with Gasteiger partial charge in [0.25, 0.3) is 0 Å². The average molecular weight is 357 g/mol. The van der Waals surface area contributed by atoms with Gasteiger partial charge < -0.3 is 0 Å². The van der Waals surface area contributed by atoms with Crippen molar-refractivity contribution >= 4 is 29.3 Å². The summed E-state index contributed by atoms with van der Waals surface area (Å²) in [6, 6.07) is 12.3. The molecule has 7 heteroatoms. The average Bonchev–Trinajstić information content (AvgIpc) is 3.26. The molecule has 27 heavy (non-hydrogen) atoms. The fourth-order valence-electron chi connectivity index (χ4n) is 2.97. The SMILES string of the molecule is C=NC(=Nc1cnn(C)c1)Nn1ccc(-c2ccc3ncccc3c2)c1C. The van der Waals surface area contributed by atoms with E-state index in [1.54, 1.807) is 17.1 Å². The molecule has 0 spiro atoms. The van der Waals surface area contributed by atoms with Crippen molar-refractivity contribution in [2.24, 2.45) is 17.0 Å². The molecule has 7 nitrogen and oxygen atoms in total. The first-order valence-electron chi connectivity index (χ1n) is 8.48. The molecule has 0 aliphatic heterocycles. The van der Waals surface area contributed by atoms with Crippen molar-refractivity contribution < 1.29 is 0 Å². The van der Waals surface area contributed by atoms with Gasteiger partial charge in [0.2, 0.25) is 5.96 Å². The van der Waals surface area contributed by atoms with E-state index in [4.69, 9.17) is 0 Å². The Labute approximate surface area is 156 Å². The Morgan fingerprint density at radius 1 is 1.22 bits per heavy atom. The zero-order valence-electron chi connectivity index (χ0n) is 15.2. The Balaban J connectivity index is 1.64. The highest BCUT2D eigenvalue weighted by atomic mass is 15.5. The fourth-order valence-corrected chi connectivity index (χ4v) is 2.97. The Bertz CT molecular complexity index is 1150. The van der Waals surface area contributed by atoms with E-state index in [0.29, 0.717) is 11.6 Å². The molecule has 0 unspecified atom stereocenters. The van der Waals surface area contributed by atoms with E-state index >= 15 is 0 Å². The topological polar surface area (TPSA) is 72.4 Å². The Kier molecular flexibility index (Phi) is 4.25. The number of nitrogens with one attached hydrogen (secondary N) is 1. The minimum atomic E-state index is 0.399. The summed E-state index contributed by atoms with van der Waals surface area (Å²) in [6.45, 7) is 5.64. The highest BCUT2D eigenvalue weighted by Crippen LogP contribution is 2.27. The molecular formula is C20H19N7. The molecule has 0 saturated heterocycles. The number of fused-ring (bicyclic) bond motifs is 1. The van der Waals surface area contributed by atoms with E-state index in [1.807, 2.05) is 43.2 Å². The molecule has 0 saturated carbocycles. The summed E-state index contributed by atoms with van der Waals surface area (Å²) in [5.41, 5.74) is 8.16. The van der Waals surface area contributed by atoms with Crippen molar-refractivity contribution in [2.45, 2.75) is 6.92 Å². The van der Waals surface area contributed by atoms with Crippen LogP contribution in [0.25, 0.3) is 22.0 Å². The number of aromatic nitrogens is 4. The molecule has 0 aliphatic rings. The molecule has 4 rings (SSSR count). The van der Waals surface area contributed by atoms with E-state index in [9.17, 15) is 0 Å². The number of aliphatic imine (C=N–C) groups is 2. The van der Waals surface area contributed by atoms with Crippen LogP contribution in [0.2, 0.25) is 0 Å². The minimum Gasteiger partial charge on any atom is -0.274 e. The molecule has 0 atom stereocenters. The van der Waals surface area contributed by atoms with Gasteiger partial charge in [-0.1, -0.05) is 12.1 Å². The number of pyridine rings is 1. The lowest BCUT2D eigenvalue weighted by atomic mass is 10.0. The summed E-state index contributed by atoms with van der Waals surface area (Å²) >= 11 is 0. The van der Waals surface area contributed by atoms with Crippen molar-refractivity contribution in [1.82, 2.24) is 19.4 Å². The van der Waals surface area contributed by atoms with Gasteiger partial charge in [-0.2, -0.15) is 5.10 Å². The number of rotatable bonds is 3. The zero-order valence-corrected chi connectivity index (χ0v) is 15.2. The predicted molar refractivity (Wildman–Crippen MR) is 109 cm³/mol. The summed E-state index contributed by atoms with van der Waals surface area (Å²) in [5.74, 6) is 0.399. The van der Waals surface area contributed by atoms with Gasteiger partial charge in [-0.05, 0) is 43.5 Å². The third-order valence-electron chi connectivity index (χ3n) is 4.35. The van der Waals surface area contributed by atoms with Gasteiger partial charge in [-0.15, -0.1) is 0 Å². The van der Waals surface area contributed by atoms with Gasteiger partial charge in [0.15, 0.2) is 0 Å². The lowest BCUT2D eigenvalue weighted by Crippen LogP contribution is -2.21. The smallest absolute Gasteiger partial charge is 0.242 e. The molecule has 1 N–H and O–H groups in total. The van der Waals surface area contributed by atoms with E-state index in [1.165, 1.54) is 0 Å². The fraction of sp³-hybridized carbons (Fsp3) is 0.100. The van der Waals surface area contributed by atoms with Crippen LogP contribution in [0.15, 0.2) is 71.2 Å². The maximum Gasteiger partial charge on any atom is 0.242 e. The van der Waals surface area contributed by atoms with Crippen molar-refractivity contribution in [3.63, 3.8) is 0 Å². The van der Waals surface area contributed by atoms with Crippen molar-refractivity contribution in [3.05, 3.63) is 66.9 Å². The van der Waals surface area contributed by atoms with Crippen LogP contribution in [-0.2, 0) is 7.05 Å². The number of hydrogen-bond donors (Lipinski definition) is 1. The summed E-state index contributed by atoms with van der Waals surface area (Å²) in [6.07, 6.45) is 7.23. The van der Waals surface area contributed by atoms with Crippen LogP contribution >= 0.6 is 0 Å². The summed E-state index contributed by atoms with van der Waals surface area (Å²) < 4.78 is 3.57. The predicted octanol–water partition coefficient (Wildman–Crippen LogP) is 3.68. The van der Waals surface area contributed by atoms with Gasteiger partial charge in [-0.25, -0.2) is 9.98 Å². The Morgan fingerprint density at radius 2 is 2.11 bits per heavy atom. The first-order chi connectivity index (χ1) is 13.1. The number of guanidine groups is 1. The third kappa shape index (κ3) is 3.35. The lowest BCUT2D eigenvalue weighted by Gasteiger charge is -2.10. The quantitative estimate of drug-likeness (QED) is 0.449. The van der Waals surface area contributed by atoms with Gasteiger partial charge in [0.1, 0.15) is 5.69 Å². The van der Waals surface area contributed by atoms with Gasteiger partial charge in [0, 0.05) is 36.1 Å². The van der Waals surface area contributed by atoms with Gasteiger partial charge in [0.05, 0.1) is 17.9 Å². The summed E-state index contributed by atoms with van der Waals surface area (Å²) in [5, 5.41) is 5.22. The Hall–Kier alpha value is -3.74. The number of aryl methyl sites for hydroxylation is 1. The van der Waals surface area contributed by atoms with Crippen LogP contribution in [0.4, 0.5) is 5.69 Å². The normalized spacial score (nSPS) is 11.7. The molecule has 134 valence electrons. The van der Waals surface area contributed by atoms with Crippen LogP contribution in [0.3, 0.4) is 0 Å². The van der Waals surface area contributed by atoms with Crippen LogP contribution in [0, 0.1) is 6.92 Å². The maximum atomic E-state index is 4.42. The van der Waals surface area contributed by atoms with Crippen LogP contribution in [0.5, 0.6) is 0 Å². The van der Waals surface area contributed by atoms with Gasteiger partial charge in [-0.3, -0.25) is 19.8 Å². The van der Waals surface area contributed by atoms with Crippen molar-refractivity contribution in [1.29, 1.82) is 0 Å². The van der Waals surface area contributed by atoms with Gasteiger partial charge >= 0.3 is 0 Å². The lowest BCUT2D eigenvalue weighted by molar-refractivity contribution is 0.768. The highest BCUT2D eigenvalue weighted by Gasteiger charge is 2.09. The molecule has 3 heterocycles. The van der Waals surface area contributed by atoms with Crippen molar-refractivity contribution in [3.8, 4) is 11.1 Å². The molecule has 3 aromatic heterocycles. The minimum absolute atomic E-state index is 0.399. The number of nitrogens with zero attached hydrogens (tertiary/aromatic N) is 6. The number of hydrogen-bond acceptors (Lipinski definition) is 3. The number of benzene rings is 1. The van der Waals surface area contributed by atoms with Crippen LogP contribution in [-0.4, -0.2) is 32.1 Å². The second-order valence-electron chi connectivity index (χ2n) is 6.17. The molecular weight excluding hydrogens is 338 g/mol. The molecule has 0 bridgehead atoms. The molecule has 0 radical (unpaired) electrons. The molecule has 1 aromatic carbocycles. The monoisotopic (exact) mass is 357 g/mol. The largest absolute Gasteiger partial charge is 0.274 e. The first-order valence-corrected chi connectivity index (χ1v) is 8.48.